The molecule has 1 aliphatic heterocycles. The molecule has 0 spiro atoms. The number of nitrogens with one attached hydrogen (secondary N) is 1. The third kappa shape index (κ3) is 5.56. The summed E-state index contributed by atoms with van der Waals surface area (Å²) < 4.78 is 0. The van der Waals surface area contributed by atoms with E-state index in [0.29, 0.717) is 16.5 Å². The van der Waals surface area contributed by atoms with Gasteiger partial charge in [-0.05, 0) is 69.0 Å². The Morgan fingerprint density at radius 1 is 1.15 bits per heavy atom. The zero-order chi connectivity index (χ0) is 23.5. The summed E-state index contributed by atoms with van der Waals surface area (Å²) in [6.07, 6.45) is 6.08. The number of pyridine rings is 1. The lowest BCUT2D eigenvalue weighted by Crippen LogP contribution is -2.54. The van der Waals surface area contributed by atoms with Crippen LogP contribution in [0.5, 0.6) is 0 Å². The monoisotopic (exact) mass is 468 g/mol. The molecule has 6 nitrogen and oxygen atoms in total. The van der Waals surface area contributed by atoms with Gasteiger partial charge in [-0.1, -0.05) is 24.4 Å². The van der Waals surface area contributed by atoms with Crippen LogP contribution in [0.2, 0.25) is 5.02 Å². The van der Waals surface area contributed by atoms with Crippen LogP contribution in [0.4, 0.5) is 5.69 Å². The number of hydrogen-bond acceptors (Lipinski definition) is 4. The van der Waals surface area contributed by atoms with Crippen molar-refractivity contribution in [2.75, 3.05) is 25.0 Å². The molecule has 2 aliphatic rings. The molecule has 1 aromatic heterocycles. The second-order valence-corrected chi connectivity index (χ2v) is 9.91. The fourth-order valence-electron chi connectivity index (χ4n) is 5.06. The molecule has 0 unspecified atom stereocenters. The Morgan fingerprint density at radius 2 is 1.91 bits per heavy atom. The minimum absolute atomic E-state index is 0.176. The van der Waals surface area contributed by atoms with Crippen molar-refractivity contribution in [1.29, 1.82) is 0 Å². The van der Waals surface area contributed by atoms with Gasteiger partial charge in [0.25, 0.3) is 5.91 Å². The average molecular weight is 469 g/mol. The molecule has 4 rings (SSSR count). The Hall–Kier alpha value is -2.44. The lowest BCUT2D eigenvalue weighted by Gasteiger charge is -2.41. The summed E-state index contributed by atoms with van der Waals surface area (Å²) in [6.45, 7) is 9.20. The first-order valence-electron chi connectivity index (χ1n) is 11.9. The molecule has 0 radical (unpaired) electrons. The quantitative estimate of drug-likeness (QED) is 0.682. The van der Waals surface area contributed by atoms with E-state index < -0.39 is 0 Å². The first kappa shape index (κ1) is 23.7. The van der Waals surface area contributed by atoms with Gasteiger partial charge >= 0.3 is 0 Å². The van der Waals surface area contributed by atoms with Crippen molar-refractivity contribution in [2.24, 2.45) is 5.92 Å². The standard InChI is InChI=1S/C26H33ClN4O2/c1-17-12-21(8-9-28-17)25(32)29-24-14-23(27)13-22(19(24)3)16-30-10-11-31(18(2)15-30)26(33)20-6-4-5-7-20/h8-9,12-14,18,20H,4-7,10-11,15-16H2,1-3H3,(H,29,32)/t18-/m0/s1. The highest BCUT2D eigenvalue weighted by Crippen LogP contribution is 2.30. The molecule has 1 N–H and O–H groups in total. The molecule has 1 aliphatic carbocycles. The minimum atomic E-state index is -0.176. The lowest BCUT2D eigenvalue weighted by atomic mass is 10.0. The number of carbonyl (C=O) groups is 2. The predicted molar refractivity (Wildman–Crippen MR) is 132 cm³/mol. The van der Waals surface area contributed by atoms with E-state index in [0.717, 1.165) is 61.5 Å². The van der Waals surface area contributed by atoms with Crippen LogP contribution in [-0.4, -0.2) is 52.3 Å². The van der Waals surface area contributed by atoms with E-state index in [1.54, 1.807) is 24.4 Å². The van der Waals surface area contributed by atoms with Gasteiger partial charge in [0.2, 0.25) is 5.91 Å². The third-order valence-electron chi connectivity index (χ3n) is 6.98. The summed E-state index contributed by atoms with van der Waals surface area (Å²) in [5, 5.41) is 3.61. The van der Waals surface area contributed by atoms with Crippen LogP contribution in [-0.2, 0) is 11.3 Å². The maximum atomic E-state index is 12.9. The normalized spacial score (nSPS) is 19.6. The molecule has 2 heterocycles. The van der Waals surface area contributed by atoms with Crippen LogP contribution >= 0.6 is 11.6 Å². The number of piperazine rings is 1. The topological polar surface area (TPSA) is 65.5 Å². The largest absolute Gasteiger partial charge is 0.337 e. The Bertz CT molecular complexity index is 1030. The number of rotatable bonds is 5. The number of anilines is 1. The molecule has 33 heavy (non-hydrogen) atoms. The van der Waals surface area contributed by atoms with Crippen LogP contribution < -0.4 is 5.32 Å². The Labute approximate surface area is 201 Å². The molecule has 1 aromatic carbocycles. The Balaban J connectivity index is 1.43. The smallest absolute Gasteiger partial charge is 0.255 e. The molecule has 7 heteroatoms. The number of aryl methyl sites for hydroxylation is 1. The number of amides is 2. The molecule has 2 fully saturated rings. The zero-order valence-corrected chi connectivity index (χ0v) is 20.5. The van der Waals surface area contributed by atoms with Gasteiger partial charge in [-0.3, -0.25) is 19.5 Å². The number of nitrogens with zero attached hydrogens (tertiary/aromatic N) is 3. The highest BCUT2D eigenvalue weighted by molar-refractivity contribution is 6.31. The maximum Gasteiger partial charge on any atom is 0.255 e. The van der Waals surface area contributed by atoms with Gasteiger partial charge in [-0.15, -0.1) is 0 Å². The van der Waals surface area contributed by atoms with Gasteiger partial charge in [0.1, 0.15) is 0 Å². The Morgan fingerprint density at radius 3 is 2.61 bits per heavy atom. The molecule has 2 aromatic rings. The van der Waals surface area contributed by atoms with Crippen molar-refractivity contribution in [3.05, 3.63) is 57.9 Å². The summed E-state index contributed by atoms with van der Waals surface area (Å²) in [5.74, 6) is 0.393. The molecule has 1 saturated heterocycles. The van der Waals surface area contributed by atoms with Gasteiger partial charge in [-0.2, -0.15) is 0 Å². The minimum Gasteiger partial charge on any atom is -0.337 e. The van der Waals surface area contributed by atoms with Crippen molar-refractivity contribution in [1.82, 2.24) is 14.8 Å². The van der Waals surface area contributed by atoms with Gasteiger partial charge in [0.15, 0.2) is 0 Å². The van der Waals surface area contributed by atoms with E-state index >= 15 is 0 Å². The van der Waals surface area contributed by atoms with E-state index in [4.69, 9.17) is 11.6 Å². The molecule has 1 saturated carbocycles. The van der Waals surface area contributed by atoms with E-state index in [1.807, 2.05) is 19.9 Å². The van der Waals surface area contributed by atoms with E-state index in [2.05, 4.69) is 27.0 Å². The van der Waals surface area contributed by atoms with Crippen molar-refractivity contribution in [3.8, 4) is 0 Å². The first-order chi connectivity index (χ1) is 15.8. The van der Waals surface area contributed by atoms with Crippen LogP contribution in [0.1, 0.15) is 59.8 Å². The number of benzene rings is 1. The first-order valence-corrected chi connectivity index (χ1v) is 12.3. The van der Waals surface area contributed by atoms with Gasteiger partial charge < -0.3 is 10.2 Å². The number of aromatic nitrogens is 1. The van der Waals surface area contributed by atoms with Crippen LogP contribution in [0.25, 0.3) is 0 Å². The average Bonchev–Trinajstić information content (AvgIpc) is 3.31. The summed E-state index contributed by atoms with van der Waals surface area (Å²) >= 11 is 6.43. The zero-order valence-electron chi connectivity index (χ0n) is 19.7. The Kier molecular flexibility index (Phi) is 7.35. The fraction of sp³-hybridized carbons (Fsp3) is 0.500. The number of carbonyl (C=O) groups excluding carboxylic acids is 2. The second-order valence-electron chi connectivity index (χ2n) is 9.47. The molecule has 2 amide bonds. The number of halogens is 1. The summed E-state index contributed by atoms with van der Waals surface area (Å²) in [4.78, 5) is 34.3. The van der Waals surface area contributed by atoms with E-state index in [-0.39, 0.29) is 17.9 Å². The van der Waals surface area contributed by atoms with Gasteiger partial charge in [0.05, 0.1) is 0 Å². The molecular formula is C26H33ClN4O2. The van der Waals surface area contributed by atoms with Crippen molar-refractivity contribution >= 4 is 29.1 Å². The highest BCUT2D eigenvalue weighted by Gasteiger charge is 2.33. The van der Waals surface area contributed by atoms with Gasteiger partial charge in [0, 0.05) is 66.3 Å². The maximum absolute atomic E-state index is 12.9. The molecule has 0 bridgehead atoms. The van der Waals surface area contributed by atoms with Crippen molar-refractivity contribution in [3.63, 3.8) is 0 Å². The summed E-state index contributed by atoms with van der Waals surface area (Å²) in [5.41, 5.74) is 4.19. The van der Waals surface area contributed by atoms with Crippen molar-refractivity contribution < 1.29 is 9.59 Å². The second kappa shape index (κ2) is 10.2. The third-order valence-corrected chi connectivity index (χ3v) is 7.20. The van der Waals surface area contributed by atoms with Gasteiger partial charge in [-0.25, -0.2) is 0 Å². The predicted octanol–water partition coefficient (Wildman–Crippen LogP) is 4.83. The van der Waals surface area contributed by atoms with Crippen LogP contribution in [0.3, 0.4) is 0 Å². The number of hydrogen-bond donors (Lipinski definition) is 1. The molecule has 176 valence electrons. The fourth-order valence-corrected chi connectivity index (χ4v) is 5.30. The SMILES string of the molecule is Cc1cc(C(=O)Nc2cc(Cl)cc(CN3CCN(C(=O)C4CCCC4)[C@@H](C)C3)c2C)ccn1. The summed E-state index contributed by atoms with van der Waals surface area (Å²) in [7, 11) is 0. The summed E-state index contributed by atoms with van der Waals surface area (Å²) in [6, 6.07) is 7.44. The van der Waals surface area contributed by atoms with E-state index in [1.165, 1.54) is 12.8 Å². The molecule has 1 atom stereocenters. The highest BCUT2D eigenvalue weighted by atomic mass is 35.5. The van der Waals surface area contributed by atoms with E-state index in [9.17, 15) is 9.59 Å². The molecular weight excluding hydrogens is 436 g/mol. The van der Waals surface area contributed by atoms with Crippen molar-refractivity contribution in [2.45, 2.75) is 59.0 Å². The lowest BCUT2D eigenvalue weighted by molar-refractivity contribution is -0.140. The van der Waals surface area contributed by atoms with Crippen LogP contribution in [0.15, 0.2) is 30.5 Å². The van der Waals surface area contributed by atoms with Crippen LogP contribution in [0, 0.1) is 19.8 Å².